The molecule has 0 spiro atoms. The molecule has 0 N–H and O–H groups in total. The van der Waals surface area contributed by atoms with E-state index in [0.29, 0.717) is 36.1 Å². The van der Waals surface area contributed by atoms with Crippen LogP contribution in [0.3, 0.4) is 0 Å². The van der Waals surface area contributed by atoms with Crippen molar-refractivity contribution in [1.29, 1.82) is 0 Å². The molecule has 0 aromatic heterocycles. The van der Waals surface area contributed by atoms with E-state index in [1.54, 1.807) is 34.1 Å². The van der Waals surface area contributed by atoms with Crippen LogP contribution in [0.4, 0.5) is 5.69 Å². The first-order valence-electron chi connectivity index (χ1n) is 9.15. The van der Waals surface area contributed by atoms with Crippen LogP contribution >= 0.6 is 11.6 Å². The average molecular weight is 399 g/mol. The number of anilines is 1. The van der Waals surface area contributed by atoms with Gasteiger partial charge in [-0.1, -0.05) is 41.9 Å². The van der Waals surface area contributed by atoms with Gasteiger partial charge in [-0.05, 0) is 43.7 Å². The van der Waals surface area contributed by atoms with Crippen LogP contribution in [0.15, 0.2) is 61.2 Å². The largest absolute Gasteiger partial charge is 0.465 e. The number of halogens is 1. The lowest BCUT2D eigenvalue weighted by atomic mass is 9.98. The summed E-state index contributed by atoms with van der Waals surface area (Å²) >= 11 is 5.95. The Labute approximate surface area is 170 Å². The van der Waals surface area contributed by atoms with Crippen LogP contribution in [0.1, 0.15) is 19.4 Å². The van der Waals surface area contributed by atoms with Gasteiger partial charge in [-0.3, -0.25) is 9.59 Å². The van der Waals surface area contributed by atoms with E-state index in [1.165, 1.54) is 6.92 Å². The number of benzene rings is 2. The highest BCUT2D eigenvalue weighted by Gasteiger charge is 2.51. The predicted octanol–water partition coefficient (Wildman–Crippen LogP) is 4.06. The van der Waals surface area contributed by atoms with E-state index in [4.69, 9.17) is 16.3 Å². The van der Waals surface area contributed by atoms with Gasteiger partial charge in [0, 0.05) is 24.7 Å². The molecule has 5 nitrogen and oxygen atoms in total. The van der Waals surface area contributed by atoms with Crippen LogP contribution in [0.25, 0.3) is 0 Å². The molecule has 28 heavy (non-hydrogen) atoms. The third-order valence-electron chi connectivity index (χ3n) is 4.77. The quantitative estimate of drug-likeness (QED) is 0.544. The number of ether oxygens (including phenoxy) is 1. The zero-order valence-corrected chi connectivity index (χ0v) is 16.8. The zero-order chi connectivity index (χ0) is 20.3. The molecule has 1 heterocycles. The maximum Gasteiger partial charge on any atom is 0.280 e. The Morgan fingerprint density at radius 2 is 1.93 bits per heavy atom. The van der Waals surface area contributed by atoms with Crippen molar-refractivity contribution in [2.45, 2.75) is 26.0 Å². The van der Waals surface area contributed by atoms with Crippen molar-refractivity contribution in [2.75, 3.05) is 18.0 Å². The molecule has 1 aliphatic rings. The standard InChI is InChI=1S/C22H23ClN2O3/c1-4-14-24(15-16-10-12-17(23)13-11-16)20(26)22(3)21(27)25(5-2)18-8-6-7-9-19(18)28-22/h4,6-13H,1,5,14-15H2,2-3H3. The zero-order valence-electron chi connectivity index (χ0n) is 16.0. The fourth-order valence-corrected chi connectivity index (χ4v) is 3.46. The summed E-state index contributed by atoms with van der Waals surface area (Å²) in [5.74, 6) is -0.256. The number of likely N-dealkylation sites (N-methyl/N-ethyl adjacent to an activating group) is 1. The second kappa shape index (κ2) is 8.07. The topological polar surface area (TPSA) is 49.9 Å². The van der Waals surface area contributed by atoms with Gasteiger partial charge in [0.1, 0.15) is 5.75 Å². The van der Waals surface area contributed by atoms with Crippen molar-refractivity contribution in [2.24, 2.45) is 0 Å². The predicted molar refractivity (Wildman–Crippen MR) is 111 cm³/mol. The second-order valence-electron chi connectivity index (χ2n) is 6.75. The molecule has 146 valence electrons. The molecular formula is C22H23ClN2O3. The number of amides is 2. The van der Waals surface area contributed by atoms with Gasteiger partial charge in [0.2, 0.25) is 0 Å². The molecule has 0 saturated carbocycles. The molecule has 0 saturated heterocycles. The number of hydrogen-bond donors (Lipinski definition) is 0. The highest BCUT2D eigenvalue weighted by molar-refractivity contribution is 6.30. The number of para-hydroxylation sites is 2. The monoisotopic (exact) mass is 398 g/mol. The van der Waals surface area contributed by atoms with E-state index in [2.05, 4.69) is 6.58 Å². The van der Waals surface area contributed by atoms with E-state index < -0.39 is 11.5 Å². The number of nitrogens with zero attached hydrogens (tertiary/aromatic N) is 2. The molecule has 1 unspecified atom stereocenters. The highest BCUT2D eigenvalue weighted by Crippen LogP contribution is 2.38. The lowest BCUT2D eigenvalue weighted by molar-refractivity contribution is -0.156. The fourth-order valence-electron chi connectivity index (χ4n) is 3.33. The van der Waals surface area contributed by atoms with E-state index in [1.807, 2.05) is 37.3 Å². The van der Waals surface area contributed by atoms with Gasteiger partial charge in [-0.2, -0.15) is 0 Å². The summed E-state index contributed by atoms with van der Waals surface area (Å²) < 4.78 is 5.97. The Morgan fingerprint density at radius 1 is 1.25 bits per heavy atom. The lowest BCUT2D eigenvalue weighted by Gasteiger charge is -2.41. The van der Waals surface area contributed by atoms with Gasteiger partial charge in [0.05, 0.1) is 5.69 Å². The molecular weight excluding hydrogens is 376 g/mol. The molecule has 0 radical (unpaired) electrons. The lowest BCUT2D eigenvalue weighted by Crippen LogP contribution is -2.62. The summed E-state index contributed by atoms with van der Waals surface area (Å²) in [6.45, 7) is 8.21. The summed E-state index contributed by atoms with van der Waals surface area (Å²) in [6.07, 6.45) is 1.63. The normalized spacial score (nSPS) is 18.2. The first kappa shape index (κ1) is 20.0. The van der Waals surface area contributed by atoms with Gasteiger partial charge in [-0.15, -0.1) is 6.58 Å². The van der Waals surface area contributed by atoms with Crippen molar-refractivity contribution in [3.8, 4) is 5.75 Å². The molecule has 2 aromatic carbocycles. The third-order valence-corrected chi connectivity index (χ3v) is 5.02. The molecule has 2 aromatic rings. The Morgan fingerprint density at radius 3 is 2.57 bits per heavy atom. The number of fused-ring (bicyclic) bond motifs is 1. The van der Waals surface area contributed by atoms with E-state index >= 15 is 0 Å². The first-order chi connectivity index (χ1) is 13.4. The summed E-state index contributed by atoms with van der Waals surface area (Å²) in [7, 11) is 0. The maximum absolute atomic E-state index is 13.4. The summed E-state index contributed by atoms with van der Waals surface area (Å²) in [4.78, 5) is 29.8. The smallest absolute Gasteiger partial charge is 0.280 e. The fraction of sp³-hybridized carbons (Fsp3) is 0.273. The van der Waals surface area contributed by atoms with Crippen LogP contribution in [-0.4, -0.2) is 35.4 Å². The number of rotatable bonds is 6. The summed E-state index contributed by atoms with van der Waals surface area (Å²) in [5.41, 5.74) is -0.0627. The van der Waals surface area contributed by atoms with Crippen molar-refractivity contribution in [3.05, 3.63) is 71.8 Å². The van der Waals surface area contributed by atoms with Crippen LogP contribution < -0.4 is 9.64 Å². The maximum atomic E-state index is 13.4. The Kier molecular flexibility index (Phi) is 5.75. The van der Waals surface area contributed by atoms with E-state index in [0.717, 1.165) is 5.56 Å². The van der Waals surface area contributed by atoms with Crippen LogP contribution in [-0.2, 0) is 16.1 Å². The highest BCUT2D eigenvalue weighted by atomic mass is 35.5. The van der Waals surface area contributed by atoms with Crippen molar-refractivity contribution >= 4 is 29.1 Å². The molecule has 1 aliphatic heterocycles. The molecule has 3 rings (SSSR count). The number of carbonyl (C=O) groups excluding carboxylic acids is 2. The summed E-state index contributed by atoms with van der Waals surface area (Å²) in [5, 5.41) is 0.623. The minimum Gasteiger partial charge on any atom is -0.465 e. The van der Waals surface area contributed by atoms with Crippen molar-refractivity contribution in [1.82, 2.24) is 4.90 Å². The van der Waals surface area contributed by atoms with Crippen LogP contribution in [0, 0.1) is 0 Å². The Hall–Kier alpha value is -2.79. The molecule has 0 bridgehead atoms. The molecule has 1 atom stereocenters. The van der Waals surface area contributed by atoms with E-state index in [9.17, 15) is 9.59 Å². The van der Waals surface area contributed by atoms with Gasteiger partial charge < -0.3 is 14.5 Å². The average Bonchev–Trinajstić information content (AvgIpc) is 2.70. The van der Waals surface area contributed by atoms with Gasteiger partial charge in [0.25, 0.3) is 17.4 Å². The number of carbonyl (C=O) groups is 2. The number of hydrogen-bond acceptors (Lipinski definition) is 3. The van der Waals surface area contributed by atoms with Gasteiger partial charge in [-0.25, -0.2) is 0 Å². The molecule has 2 amide bonds. The third kappa shape index (κ3) is 3.62. The minimum absolute atomic E-state index is 0.293. The van der Waals surface area contributed by atoms with Gasteiger partial charge in [0.15, 0.2) is 0 Å². The van der Waals surface area contributed by atoms with Gasteiger partial charge >= 0.3 is 0 Å². The van der Waals surface area contributed by atoms with Crippen LogP contribution in [0.2, 0.25) is 5.02 Å². The minimum atomic E-state index is -1.64. The Balaban J connectivity index is 1.94. The molecule has 0 fully saturated rings. The van der Waals surface area contributed by atoms with Crippen molar-refractivity contribution in [3.63, 3.8) is 0 Å². The van der Waals surface area contributed by atoms with Crippen LogP contribution in [0.5, 0.6) is 5.75 Å². The van der Waals surface area contributed by atoms with Crippen molar-refractivity contribution < 1.29 is 14.3 Å². The SMILES string of the molecule is C=CCN(Cc1ccc(Cl)cc1)C(=O)C1(C)Oc2ccccc2N(CC)C1=O. The van der Waals surface area contributed by atoms with E-state index in [-0.39, 0.29) is 5.91 Å². The first-order valence-corrected chi connectivity index (χ1v) is 9.53. The summed E-state index contributed by atoms with van der Waals surface area (Å²) in [6, 6.07) is 14.5. The molecule has 0 aliphatic carbocycles. The second-order valence-corrected chi connectivity index (χ2v) is 7.19. The Bertz CT molecular complexity index is 897. The molecule has 6 heteroatoms.